The molecule has 1 amide bonds. The summed E-state index contributed by atoms with van der Waals surface area (Å²) < 4.78 is 18.1. The quantitative estimate of drug-likeness (QED) is 0.379. The van der Waals surface area contributed by atoms with Gasteiger partial charge in [-0.3, -0.25) is 4.79 Å². The van der Waals surface area contributed by atoms with E-state index in [9.17, 15) is 4.79 Å². The standard InChI is InChI=1S/C21H24Br2N2O4/c1-12(2)15-9-16(22)13(3)20(23)21(15)29-11-19(26)25-24-10-14-6-7-17(27-4)18(8-14)28-5/h6-10,12H,11H2,1-5H3,(H,25,26)/b24-10-. The van der Waals surface area contributed by atoms with Crippen LogP contribution in [0.25, 0.3) is 0 Å². The molecule has 0 aromatic heterocycles. The molecule has 0 heterocycles. The molecule has 6 nitrogen and oxygen atoms in total. The molecular weight excluding hydrogens is 504 g/mol. The fraction of sp³-hybridized carbons (Fsp3) is 0.333. The van der Waals surface area contributed by atoms with E-state index in [1.165, 1.54) is 6.21 Å². The summed E-state index contributed by atoms with van der Waals surface area (Å²) in [5, 5.41) is 3.98. The number of halogens is 2. The molecule has 156 valence electrons. The Morgan fingerprint density at radius 2 is 1.86 bits per heavy atom. The molecular formula is C21H24Br2N2O4. The highest BCUT2D eigenvalue weighted by Gasteiger charge is 2.17. The number of amides is 1. The van der Waals surface area contributed by atoms with Gasteiger partial charge in [0.1, 0.15) is 5.75 Å². The highest BCUT2D eigenvalue weighted by molar-refractivity contribution is 9.11. The molecule has 0 bridgehead atoms. The second-order valence-electron chi connectivity index (χ2n) is 6.57. The van der Waals surface area contributed by atoms with Gasteiger partial charge in [0, 0.05) is 4.47 Å². The third-order valence-corrected chi connectivity index (χ3v) is 5.99. The number of ether oxygens (including phenoxy) is 3. The number of hydrogen-bond acceptors (Lipinski definition) is 5. The van der Waals surface area contributed by atoms with Crippen LogP contribution in [0.5, 0.6) is 17.2 Å². The van der Waals surface area contributed by atoms with E-state index in [1.807, 2.05) is 19.1 Å². The van der Waals surface area contributed by atoms with Crippen molar-refractivity contribution in [2.75, 3.05) is 20.8 Å². The highest BCUT2D eigenvalue weighted by atomic mass is 79.9. The Morgan fingerprint density at radius 1 is 1.17 bits per heavy atom. The van der Waals surface area contributed by atoms with E-state index in [2.05, 4.69) is 56.2 Å². The lowest BCUT2D eigenvalue weighted by molar-refractivity contribution is -0.123. The summed E-state index contributed by atoms with van der Waals surface area (Å²) in [6.45, 7) is 5.97. The number of carbonyl (C=O) groups is 1. The van der Waals surface area contributed by atoms with Crippen molar-refractivity contribution in [1.82, 2.24) is 5.43 Å². The third kappa shape index (κ3) is 5.96. The lowest BCUT2D eigenvalue weighted by Crippen LogP contribution is -2.25. The molecule has 0 aliphatic heterocycles. The Hall–Kier alpha value is -2.06. The van der Waals surface area contributed by atoms with E-state index in [0.717, 1.165) is 25.6 Å². The second kappa shape index (κ2) is 10.6. The monoisotopic (exact) mass is 526 g/mol. The maximum atomic E-state index is 12.2. The normalized spacial score (nSPS) is 11.0. The van der Waals surface area contributed by atoms with Gasteiger partial charge in [-0.15, -0.1) is 0 Å². The maximum absolute atomic E-state index is 12.2. The van der Waals surface area contributed by atoms with Crippen LogP contribution < -0.4 is 19.6 Å². The molecule has 0 atom stereocenters. The van der Waals surface area contributed by atoms with E-state index < -0.39 is 0 Å². The Balaban J connectivity index is 2.02. The minimum atomic E-state index is -0.357. The number of methoxy groups -OCH3 is 2. The average Bonchev–Trinajstić information content (AvgIpc) is 2.70. The van der Waals surface area contributed by atoms with E-state index in [0.29, 0.717) is 17.2 Å². The van der Waals surface area contributed by atoms with Crippen LogP contribution in [-0.4, -0.2) is 32.9 Å². The van der Waals surface area contributed by atoms with Gasteiger partial charge in [0.25, 0.3) is 5.91 Å². The first-order valence-corrected chi connectivity index (χ1v) is 10.5. The van der Waals surface area contributed by atoms with Gasteiger partial charge in [-0.2, -0.15) is 5.10 Å². The molecule has 0 saturated carbocycles. The average molecular weight is 528 g/mol. The third-order valence-electron chi connectivity index (χ3n) is 4.21. The smallest absolute Gasteiger partial charge is 0.277 e. The second-order valence-corrected chi connectivity index (χ2v) is 8.21. The number of carbonyl (C=O) groups excluding carboxylic acids is 1. The molecule has 2 rings (SSSR count). The largest absolute Gasteiger partial charge is 0.493 e. The van der Waals surface area contributed by atoms with Gasteiger partial charge >= 0.3 is 0 Å². The minimum absolute atomic E-state index is 0.150. The lowest BCUT2D eigenvalue weighted by Gasteiger charge is -2.18. The van der Waals surface area contributed by atoms with E-state index in [1.54, 1.807) is 26.4 Å². The Bertz CT molecular complexity index is 914. The molecule has 1 N–H and O–H groups in total. The fourth-order valence-corrected chi connectivity index (χ4v) is 3.84. The van der Waals surface area contributed by atoms with Crippen molar-refractivity contribution in [1.29, 1.82) is 0 Å². The molecule has 0 unspecified atom stereocenters. The van der Waals surface area contributed by atoms with Crippen molar-refractivity contribution < 1.29 is 19.0 Å². The number of rotatable bonds is 8. The van der Waals surface area contributed by atoms with Gasteiger partial charge in [0.2, 0.25) is 0 Å². The van der Waals surface area contributed by atoms with Crippen molar-refractivity contribution in [3.63, 3.8) is 0 Å². The van der Waals surface area contributed by atoms with Crippen LogP contribution in [0.2, 0.25) is 0 Å². The van der Waals surface area contributed by atoms with Crippen LogP contribution in [0.3, 0.4) is 0 Å². The van der Waals surface area contributed by atoms with Gasteiger partial charge in [-0.1, -0.05) is 29.8 Å². The van der Waals surface area contributed by atoms with Gasteiger partial charge in [0.15, 0.2) is 18.1 Å². The Morgan fingerprint density at radius 3 is 2.48 bits per heavy atom. The van der Waals surface area contributed by atoms with Crippen LogP contribution in [0.1, 0.15) is 36.5 Å². The SMILES string of the molecule is COc1ccc(/C=N\NC(=O)COc2c(C(C)C)cc(Br)c(C)c2Br)cc1OC. The molecule has 29 heavy (non-hydrogen) atoms. The summed E-state index contributed by atoms with van der Waals surface area (Å²) in [4.78, 5) is 12.2. The van der Waals surface area contributed by atoms with Crippen molar-refractivity contribution in [3.05, 3.63) is 49.9 Å². The van der Waals surface area contributed by atoms with Crippen LogP contribution in [0.4, 0.5) is 0 Å². The lowest BCUT2D eigenvalue weighted by atomic mass is 10.0. The van der Waals surface area contributed by atoms with Gasteiger partial charge in [-0.05, 0) is 69.7 Å². The van der Waals surface area contributed by atoms with Crippen molar-refractivity contribution in [2.45, 2.75) is 26.7 Å². The maximum Gasteiger partial charge on any atom is 0.277 e. The van der Waals surface area contributed by atoms with Crippen LogP contribution >= 0.6 is 31.9 Å². The van der Waals surface area contributed by atoms with E-state index in [4.69, 9.17) is 14.2 Å². The van der Waals surface area contributed by atoms with E-state index >= 15 is 0 Å². The van der Waals surface area contributed by atoms with Crippen molar-refractivity contribution >= 4 is 44.0 Å². The van der Waals surface area contributed by atoms with E-state index in [-0.39, 0.29) is 18.4 Å². The molecule has 0 aliphatic carbocycles. The highest BCUT2D eigenvalue weighted by Crippen LogP contribution is 2.40. The molecule has 0 radical (unpaired) electrons. The Labute approximate surface area is 187 Å². The molecule has 0 aliphatic rings. The zero-order valence-electron chi connectivity index (χ0n) is 17.0. The topological polar surface area (TPSA) is 69.2 Å². The first kappa shape index (κ1) is 23.2. The molecule has 2 aromatic rings. The summed E-state index contributed by atoms with van der Waals surface area (Å²) in [6.07, 6.45) is 1.53. The molecule has 0 fully saturated rings. The summed E-state index contributed by atoms with van der Waals surface area (Å²) in [5.41, 5.74) is 5.25. The molecule has 0 spiro atoms. The number of hydrogen-bond donors (Lipinski definition) is 1. The molecule has 2 aromatic carbocycles. The first-order valence-electron chi connectivity index (χ1n) is 8.93. The van der Waals surface area contributed by atoms with Crippen molar-refractivity contribution in [3.8, 4) is 17.2 Å². The minimum Gasteiger partial charge on any atom is -0.493 e. The van der Waals surface area contributed by atoms with Crippen LogP contribution in [0.15, 0.2) is 38.3 Å². The van der Waals surface area contributed by atoms with Gasteiger partial charge in [-0.25, -0.2) is 5.43 Å². The molecule has 0 saturated heterocycles. The zero-order valence-corrected chi connectivity index (χ0v) is 20.2. The predicted molar refractivity (Wildman–Crippen MR) is 121 cm³/mol. The number of hydrazone groups is 1. The van der Waals surface area contributed by atoms with Crippen molar-refractivity contribution in [2.24, 2.45) is 5.10 Å². The summed E-state index contributed by atoms with van der Waals surface area (Å²) in [6, 6.07) is 7.37. The number of benzene rings is 2. The summed E-state index contributed by atoms with van der Waals surface area (Å²) >= 11 is 7.12. The number of nitrogens with zero attached hydrogens (tertiary/aromatic N) is 1. The van der Waals surface area contributed by atoms with Crippen LogP contribution in [-0.2, 0) is 4.79 Å². The predicted octanol–water partition coefficient (Wildman–Crippen LogP) is 5.19. The van der Waals surface area contributed by atoms with Gasteiger partial charge in [0.05, 0.1) is 24.9 Å². The number of nitrogens with one attached hydrogen (secondary N) is 1. The molecule has 8 heteroatoms. The zero-order chi connectivity index (χ0) is 21.6. The fourth-order valence-electron chi connectivity index (χ4n) is 2.57. The first-order chi connectivity index (χ1) is 13.8. The Kier molecular flexibility index (Phi) is 8.52. The van der Waals surface area contributed by atoms with Gasteiger partial charge < -0.3 is 14.2 Å². The summed E-state index contributed by atoms with van der Waals surface area (Å²) in [7, 11) is 3.13. The summed E-state index contributed by atoms with van der Waals surface area (Å²) in [5.74, 6) is 1.76. The van der Waals surface area contributed by atoms with Crippen LogP contribution in [0, 0.1) is 6.92 Å².